The molecule has 1 rings (SSSR count). The second-order valence-corrected chi connectivity index (χ2v) is 3.24. The first-order valence-corrected chi connectivity index (χ1v) is 4.92. The molecule has 84 valence electrons. The van der Waals surface area contributed by atoms with Gasteiger partial charge in [0, 0.05) is 5.56 Å². The Balaban J connectivity index is 2.32. The molecule has 0 radical (unpaired) electrons. The van der Waals surface area contributed by atoms with E-state index in [1.165, 1.54) is 12.7 Å². The summed E-state index contributed by atoms with van der Waals surface area (Å²) in [7, 11) is 1.32. The number of esters is 1. The monoisotopic (exact) mass is 218 g/mol. The van der Waals surface area contributed by atoms with Gasteiger partial charge in [0.15, 0.2) is 0 Å². The van der Waals surface area contributed by atoms with Crippen molar-refractivity contribution in [1.29, 1.82) is 0 Å². The lowest BCUT2D eigenvalue weighted by Gasteiger charge is -1.96. The lowest BCUT2D eigenvalue weighted by Crippen LogP contribution is -2.10. The molecule has 0 aliphatic carbocycles. The van der Waals surface area contributed by atoms with Gasteiger partial charge < -0.3 is 9.47 Å². The Hall–Kier alpha value is -1.79. The highest BCUT2D eigenvalue weighted by atomic mass is 16.6. The first-order chi connectivity index (χ1) is 7.72. The Morgan fingerprint density at radius 2 is 2.00 bits per heavy atom. The molecule has 0 aliphatic heterocycles. The molecule has 0 unspecified atom stereocenters. The summed E-state index contributed by atoms with van der Waals surface area (Å²) >= 11 is 0. The van der Waals surface area contributed by atoms with Gasteiger partial charge in [-0.05, 0) is 19.1 Å². The fourth-order valence-electron chi connectivity index (χ4n) is 1.02. The van der Waals surface area contributed by atoms with Gasteiger partial charge in [-0.2, -0.15) is 0 Å². The average Bonchev–Trinajstić information content (AvgIpc) is 2.31. The lowest BCUT2D eigenvalue weighted by molar-refractivity contribution is -0.145. The SMILES string of the molecule is COC(=O)COCC#Cc1ccc(C)cc1. The van der Waals surface area contributed by atoms with Gasteiger partial charge in [-0.1, -0.05) is 29.5 Å². The van der Waals surface area contributed by atoms with Gasteiger partial charge in [0.2, 0.25) is 0 Å². The van der Waals surface area contributed by atoms with Crippen LogP contribution in [0.25, 0.3) is 0 Å². The van der Waals surface area contributed by atoms with Crippen molar-refractivity contribution >= 4 is 5.97 Å². The molecule has 16 heavy (non-hydrogen) atoms. The molecular weight excluding hydrogens is 204 g/mol. The van der Waals surface area contributed by atoms with Crippen LogP contribution in [-0.2, 0) is 14.3 Å². The average molecular weight is 218 g/mol. The Kier molecular flexibility index (Phi) is 5.10. The number of ether oxygens (including phenoxy) is 2. The van der Waals surface area contributed by atoms with Gasteiger partial charge in [0.05, 0.1) is 7.11 Å². The summed E-state index contributed by atoms with van der Waals surface area (Å²) in [4.78, 5) is 10.7. The normalized spacial score (nSPS) is 9.12. The van der Waals surface area contributed by atoms with Crippen LogP contribution < -0.4 is 0 Å². The minimum absolute atomic E-state index is 0.0565. The van der Waals surface area contributed by atoms with E-state index in [9.17, 15) is 4.79 Å². The summed E-state index contributed by atoms with van der Waals surface area (Å²) < 4.78 is 9.40. The molecule has 0 fully saturated rings. The number of aryl methyl sites for hydroxylation is 1. The summed E-state index contributed by atoms with van der Waals surface area (Å²) in [6.45, 7) is 2.19. The Labute approximate surface area is 95.4 Å². The summed E-state index contributed by atoms with van der Waals surface area (Å²) in [5.74, 6) is 5.37. The van der Waals surface area contributed by atoms with Crippen LogP contribution in [0.1, 0.15) is 11.1 Å². The molecule has 0 saturated carbocycles. The van der Waals surface area contributed by atoms with Crippen molar-refractivity contribution in [3.63, 3.8) is 0 Å². The predicted molar refractivity (Wildman–Crippen MR) is 60.9 cm³/mol. The number of methoxy groups -OCH3 is 1. The van der Waals surface area contributed by atoms with Gasteiger partial charge in [0.25, 0.3) is 0 Å². The molecule has 0 bridgehead atoms. The fourth-order valence-corrected chi connectivity index (χ4v) is 1.02. The highest BCUT2D eigenvalue weighted by Gasteiger charge is 1.96. The number of carbonyl (C=O) groups is 1. The maximum absolute atomic E-state index is 10.7. The van der Waals surface area contributed by atoms with E-state index < -0.39 is 5.97 Å². The third kappa shape index (κ3) is 4.63. The number of carbonyl (C=O) groups excluding carboxylic acids is 1. The van der Waals surface area contributed by atoms with Crippen LogP contribution in [0.15, 0.2) is 24.3 Å². The van der Waals surface area contributed by atoms with Crippen LogP contribution in [-0.4, -0.2) is 26.3 Å². The Morgan fingerprint density at radius 3 is 2.62 bits per heavy atom. The minimum Gasteiger partial charge on any atom is -0.467 e. The zero-order valence-electron chi connectivity index (χ0n) is 9.45. The maximum atomic E-state index is 10.7. The first-order valence-electron chi connectivity index (χ1n) is 4.92. The van der Waals surface area contributed by atoms with E-state index in [1.54, 1.807) is 0 Å². The van der Waals surface area contributed by atoms with Crippen LogP contribution in [0, 0.1) is 18.8 Å². The van der Waals surface area contributed by atoms with Crippen LogP contribution in [0.5, 0.6) is 0 Å². The van der Waals surface area contributed by atoms with Crippen molar-refractivity contribution in [2.45, 2.75) is 6.92 Å². The topological polar surface area (TPSA) is 35.5 Å². The highest BCUT2D eigenvalue weighted by molar-refractivity contribution is 5.70. The van der Waals surface area contributed by atoms with Crippen molar-refractivity contribution in [2.24, 2.45) is 0 Å². The number of benzene rings is 1. The van der Waals surface area contributed by atoms with E-state index in [4.69, 9.17) is 4.74 Å². The van der Waals surface area contributed by atoms with E-state index >= 15 is 0 Å². The van der Waals surface area contributed by atoms with E-state index in [2.05, 4.69) is 16.6 Å². The molecule has 3 nitrogen and oxygen atoms in total. The van der Waals surface area contributed by atoms with Gasteiger partial charge in [-0.3, -0.25) is 0 Å². The zero-order chi connectivity index (χ0) is 11.8. The maximum Gasteiger partial charge on any atom is 0.331 e. The predicted octanol–water partition coefficient (Wildman–Crippen LogP) is 1.54. The molecule has 1 aromatic rings. The van der Waals surface area contributed by atoms with Crippen molar-refractivity contribution in [2.75, 3.05) is 20.3 Å². The second-order valence-electron chi connectivity index (χ2n) is 3.24. The quantitative estimate of drug-likeness (QED) is 0.438. The van der Waals surface area contributed by atoms with E-state index in [0.29, 0.717) is 0 Å². The molecule has 0 spiro atoms. The highest BCUT2D eigenvalue weighted by Crippen LogP contribution is 2.00. The molecule has 0 amide bonds. The standard InChI is InChI=1S/C13H14O3/c1-11-5-7-12(8-6-11)4-3-9-16-10-13(14)15-2/h5-8H,9-10H2,1-2H3. The molecule has 0 N–H and O–H groups in total. The second kappa shape index (κ2) is 6.65. The molecule has 3 heteroatoms. The van der Waals surface area contributed by atoms with Crippen LogP contribution in [0.4, 0.5) is 0 Å². The smallest absolute Gasteiger partial charge is 0.331 e. The summed E-state index contributed by atoms with van der Waals surface area (Å²) in [5.41, 5.74) is 2.14. The fraction of sp³-hybridized carbons (Fsp3) is 0.308. The zero-order valence-corrected chi connectivity index (χ0v) is 9.45. The van der Waals surface area contributed by atoms with Gasteiger partial charge in [-0.15, -0.1) is 0 Å². The minimum atomic E-state index is -0.392. The third-order valence-electron chi connectivity index (χ3n) is 1.91. The first kappa shape index (κ1) is 12.3. The summed E-state index contributed by atoms with van der Waals surface area (Å²) in [5, 5.41) is 0. The lowest BCUT2D eigenvalue weighted by atomic mass is 10.2. The molecule has 0 aliphatic rings. The summed E-state index contributed by atoms with van der Waals surface area (Å²) in [6.07, 6.45) is 0. The third-order valence-corrected chi connectivity index (χ3v) is 1.91. The van der Waals surface area contributed by atoms with Gasteiger partial charge in [0.1, 0.15) is 13.2 Å². The van der Waals surface area contributed by atoms with Crippen molar-refractivity contribution in [1.82, 2.24) is 0 Å². The van der Waals surface area contributed by atoms with Gasteiger partial charge in [-0.25, -0.2) is 4.79 Å². The van der Waals surface area contributed by atoms with Crippen LogP contribution in [0.3, 0.4) is 0 Å². The van der Waals surface area contributed by atoms with Crippen molar-refractivity contribution in [3.05, 3.63) is 35.4 Å². The van der Waals surface area contributed by atoms with Gasteiger partial charge >= 0.3 is 5.97 Å². The van der Waals surface area contributed by atoms with Crippen LogP contribution >= 0.6 is 0 Å². The Bertz CT molecular complexity index is 395. The molecule has 0 atom stereocenters. The molecule has 1 aromatic carbocycles. The summed E-state index contributed by atoms with van der Waals surface area (Å²) in [6, 6.07) is 7.89. The van der Waals surface area contributed by atoms with E-state index in [-0.39, 0.29) is 13.2 Å². The molecular formula is C13H14O3. The largest absolute Gasteiger partial charge is 0.467 e. The number of hydrogen-bond donors (Lipinski definition) is 0. The molecule has 0 heterocycles. The molecule has 0 saturated heterocycles. The van der Waals surface area contributed by atoms with Crippen LogP contribution in [0.2, 0.25) is 0 Å². The van der Waals surface area contributed by atoms with E-state index in [0.717, 1.165) is 5.56 Å². The number of rotatable bonds is 3. The number of hydrogen-bond acceptors (Lipinski definition) is 3. The van der Waals surface area contributed by atoms with E-state index in [1.807, 2.05) is 31.2 Å². The van der Waals surface area contributed by atoms with Crippen molar-refractivity contribution < 1.29 is 14.3 Å². The molecule has 0 aromatic heterocycles. The Morgan fingerprint density at radius 1 is 1.31 bits per heavy atom. The van der Waals surface area contributed by atoms with Crippen molar-refractivity contribution in [3.8, 4) is 11.8 Å².